The van der Waals surface area contributed by atoms with Gasteiger partial charge in [0.25, 0.3) is 0 Å². The molecule has 0 saturated heterocycles. The summed E-state index contributed by atoms with van der Waals surface area (Å²) >= 11 is 3.40. The zero-order chi connectivity index (χ0) is 10.3. The Morgan fingerprint density at radius 3 is 1.43 bits per heavy atom. The predicted molar refractivity (Wildman–Crippen MR) is 65.9 cm³/mol. The minimum Gasteiger partial charge on any atom is -0.398 e. The molecule has 0 bridgehead atoms. The summed E-state index contributed by atoms with van der Waals surface area (Å²) in [4.78, 5) is 4.67. The number of anilines is 2. The monoisotopic (exact) mass is 224 g/mol. The summed E-state index contributed by atoms with van der Waals surface area (Å²) in [7, 11) is 0. The molecule has 74 valence electrons. The Labute approximate surface area is 91.2 Å². The minimum absolute atomic E-state index is 0.834. The SMILES string of the molecule is Cc1cc(N)c(-c2sc(C)cc2N)s1. The van der Waals surface area contributed by atoms with Gasteiger partial charge in [0.15, 0.2) is 0 Å². The molecule has 0 saturated carbocycles. The van der Waals surface area contributed by atoms with E-state index in [0.717, 1.165) is 21.1 Å². The van der Waals surface area contributed by atoms with Crippen LogP contribution in [0.25, 0.3) is 9.75 Å². The van der Waals surface area contributed by atoms with Crippen LogP contribution >= 0.6 is 22.7 Å². The molecule has 0 amide bonds. The van der Waals surface area contributed by atoms with Crippen molar-refractivity contribution in [2.45, 2.75) is 13.8 Å². The lowest BCUT2D eigenvalue weighted by molar-refractivity contribution is 1.63. The average Bonchev–Trinajstić information content (AvgIpc) is 2.55. The maximum absolute atomic E-state index is 5.91. The summed E-state index contributed by atoms with van der Waals surface area (Å²) in [5, 5.41) is 0. The highest BCUT2D eigenvalue weighted by atomic mass is 32.1. The molecule has 2 rings (SSSR count). The Morgan fingerprint density at radius 1 is 0.857 bits per heavy atom. The van der Waals surface area contributed by atoms with E-state index in [-0.39, 0.29) is 0 Å². The molecule has 14 heavy (non-hydrogen) atoms. The third-order valence-corrected chi connectivity index (χ3v) is 4.27. The quantitative estimate of drug-likeness (QED) is 0.781. The second kappa shape index (κ2) is 3.29. The zero-order valence-corrected chi connectivity index (χ0v) is 9.76. The number of thiophene rings is 2. The van der Waals surface area contributed by atoms with E-state index in [0.29, 0.717) is 0 Å². The van der Waals surface area contributed by atoms with Crippen molar-refractivity contribution in [1.82, 2.24) is 0 Å². The topological polar surface area (TPSA) is 52.0 Å². The maximum Gasteiger partial charge on any atom is 0.0695 e. The van der Waals surface area contributed by atoms with Crippen molar-refractivity contribution in [3.8, 4) is 9.75 Å². The summed E-state index contributed by atoms with van der Waals surface area (Å²) in [6, 6.07) is 3.99. The normalized spacial score (nSPS) is 10.7. The minimum atomic E-state index is 0.834. The lowest BCUT2D eigenvalue weighted by atomic mass is 10.3. The van der Waals surface area contributed by atoms with E-state index < -0.39 is 0 Å². The number of rotatable bonds is 1. The lowest BCUT2D eigenvalue weighted by Gasteiger charge is -1.96. The van der Waals surface area contributed by atoms with Crippen molar-refractivity contribution >= 4 is 34.0 Å². The second-order valence-corrected chi connectivity index (χ2v) is 5.80. The van der Waals surface area contributed by atoms with E-state index in [4.69, 9.17) is 11.5 Å². The van der Waals surface area contributed by atoms with Crippen LogP contribution in [0, 0.1) is 13.8 Å². The van der Waals surface area contributed by atoms with Gasteiger partial charge in [0.05, 0.1) is 21.1 Å². The van der Waals surface area contributed by atoms with Gasteiger partial charge < -0.3 is 11.5 Å². The van der Waals surface area contributed by atoms with Gasteiger partial charge in [0.1, 0.15) is 0 Å². The highest BCUT2D eigenvalue weighted by Crippen LogP contribution is 2.42. The van der Waals surface area contributed by atoms with Crippen LogP contribution in [0.4, 0.5) is 11.4 Å². The molecule has 0 spiro atoms. The molecule has 0 aliphatic carbocycles. The first-order valence-electron chi connectivity index (χ1n) is 4.30. The maximum atomic E-state index is 5.91. The Hall–Kier alpha value is -1.00. The van der Waals surface area contributed by atoms with Gasteiger partial charge in [-0.05, 0) is 26.0 Å². The number of nitrogens with two attached hydrogens (primary N) is 2. The Kier molecular flexibility index (Phi) is 2.25. The fourth-order valence-corrected chi connectivity index (χ4v) is 3.46. The number of hydrogen-bond donors (Lipinski definition) is 2. The molecular weight excluding hydrogens is 212 g/mol. The molecule has 0 aliphatic heterocycles. The Morgan fingerprint density at radius 2 is 1.21 bits per heavy atom. The van der Waals surface area contributed by atoms with E-state index >= 15 is 0 Å². The number of nitrogen functional groups attached to an aromatic ring is 2. The molecule has 4 N–H and O–H groups in total. The van der Waals surface area contributed by atoms with E-state index in [1.54, 1.807) is 22.7 Å². The molecule has 2 aromatic heterocycles. The van der Waals surface area contributed by atoms with Crippen LogP contribution in [0.3, 0.4) is 0 Å². The predicted octanol–water partition coefficient (Wildman–Crippen LogP) is 3.26. The zero-order valence-electron chi connectivity index (χ0n) is 8.13. The first kappa shape index (κ1) is 9.55. The Balaban J connectivity index is 2.59. The van der Waals surface area contributed by atoms with Crippen LogP contribution in [0.15, 0.2) is 12.1 Å². The molecular formula is C10H12N2S2. The first-order chi connectivity index (χ1) is 6.58. The highest BCUT2D eigenvalue weighted by molar-refractivity contribution is 7.23. The van der Waals surface area contributed by atoms with Crippen molar-refractivity contribution in [2.75, 3.05) is 11.5 Å². The molecule has 0 aliphatic rings. The van der Waals surface area contributed by atoms with Gasteiger partial charge in [0.2, 0.25) is 0 Å². The van der Waals surface area contributed by atoms with Crippen LogP contribution in [-0.2, 0) is 0 Å². The summed E-state index contributed by atoms with van der Waals surface area (Å²) in [6.45, 7) is 4.11. The van der Waals surface area contributed by atoms with Gasteiger partial charge in [-0.2, -0.15) is 0 Å². The molecule has 0 atom stereocenters. The summed E-state index contributed by atoms with van der Waals surface area (Å²) in [5.74, 6) is 0. The van der Waals surface area contributed by atoms with Crippen molar-refractivity contribution in [2.24, 2.45) is 0 Å². The van der Waals surface area contributed by atoms with Crippen LogP contribution in [0.1, 0.15) is 9.75 Å². The average molecular weight is 224 g/mol. The molecule has 0 radical (unpaired) electrons. The van der Waals surface area contributed by atoms with E-state index in [2.05, 4.69) is 13.8 Å². The summed E-state index contributed by atoms with van der Waals surface area (Å²) in [5.41, 5.74) is 13.5. The van der Waals surface area contributed by atoms with Gasteiger partial charge >= 0.3 is 0 Å². The molecule has 2 aromatic rings. The second-order valence-electron chi connectivity index (χ2n) is 3.28. The van der Waals surface area contributed by atoms with Crippen molar-refractivity contribution in [1.29, 1.82) is 0 Å². The smallest absolute Gasteiger partial charge is 0.0695 e. The summed E-state index contributed by atoms with van der Waals surface area (Å²) < 4.78 is 0. The van der Waals surface area contributed by atoms with Gasteiger partial charge in [-0.15, -0.1) is 22.7 Å². The van der Waals surface area contributed by atoms with Crippen molar-refractivity contribution < 1.29 is 0 Å². The van der Waals surface area contributed by atoms with Gasteiger partial charge in [-0.3, -0.25) is 0 Å². The standard InChI is InChI=1S/C10H12N2S2/c1-5-3-7(11)9(13-5)10-8(12)4-6(2)14-10/h3-4H,11-12H2,1-2H3. The first-order valence-corrected chi connectivity index (χ1v) is 5.93. The molecule has 0 unspecified atom stereocenters. The summed E-state index contributed by atoms with van der Waals surface area (Å²) in [6.07, 6.45) is 0. The van der Waals surface area contributed by atoms with Gasteiger partial charge in [0, 0.05) is 9.75 Å². The van der Waals surface area contributed by atoms with Crippen LogP contribution in [0.2, 0.25) is 0 Å². The van der Waals surface area contributed by atoms with Crippen molar-refractivity contribution in [3.63, 3.8) is 0 Å². The highest BCUT2D eigenvalue weighted by Gasteiger charge is 2.12. The van der Waals surface area contributed by atoms with Gasteiger partial charge in [-0.1, -0.05) is 0 Å². The fourth-order valence-electron chi connectivity index (χ4n) is 1.42. The fraction of sp³-hybridized carbons (Fsp3) is 0.200. The van der Waals surface area contributed by atoms with Crippen LogP contribution < -0.4 is 11.5 Å². The Bertz CT molecular complexity index is 424. The van der Waals surface area contributed by atoms with Crippen molar-refractivity contribution in [3.05, 3.63) is 21.9 Å². The van der Waals surface area contributed by atoms with E-state index in [9.17, 15) is 0 Å². The van der Waals surface area contributed by atoms with Crippen LogP contribution in [0.5, 0.6) is 0 Å². The van der Waals surface area contributed by atoms with E-state index in [1.807, 2.05) is 12.1 Å². The molecule has 4 heteroatoms. The van der Waals surface area contributed by atoms with E-state index in [1.165, 1.54) is 9.75 Å². The lowest BCUT2D eigenvalue weighted by Crippen LogP contribution is -1.86. The largest absolute Gasteiger partial charge is 0.398 e. The third-order valence-electron chi connectivity index (χ3n) is 1.97. The number of hydrogen-bond acceptors (Lipinski definition) is 4. The molecule has 2 nitrogen and oxygen atoms in total. The third kappa shape index (κ3) is 1.51. The molecule has 2 heterocycles. The van der Waals surface area contributed by atoms with Gasteiger partial charge in [-0.25, -0.2) is 0 Å². The van der Waals surface area contributed by atoms with Crippen LogP contribution in [-0.4, -0.2) is 0 Å². The molecule has 0 aromatic carbocycles. The number of aryl methyl sites for hydroxylation is 2. The molecule has 0 fully saturated rings.